The third-order valence-electron chi connectivity index (χ3n) is 2.10. The van der Waals surface area contributed by atoms with E-state index < -0.39 is 0 Å². The average molecular weight is 322 g/mol. The monoisotopic (exact) mass is 320 g/mol. The highest BCUT2D eigenvalue weighted by atomic mass is 35.5. The van der Waals surface area contributed by atoms with Crippen molar-refractivity contribution in [3.8, 4) is 5.75 Å². The molecule has 6 heteroatoms. The van der Waals surface area contributed by atoms with Crippen LogP contribution in [0.5, 0.6) is 5.75 Å². The van der Waals surface area contributed by atoms with Crippen LogP contribution in [-0.4, -0.2) is 12.4 Å². The van der Waals surface area contributed by atoms with E-state index in [2.05, 4.69) is 0 Å². The van der Waals surface area contributed by atoms with Gasteiger partial charge in [-0.05, 0) is 24.3 Å². The van der Waals surface area contributed by atoms with Crippen LogP contribution < -0.4 is 4.74 Å². The highest BCUT2D eigenvalue weighted by Gasteiger charge is 2.11. The van der Waals surface area contributed by atoms with Crippen molar-refractivity contribution in [1.29, 1.82) is 0 Å². The Morgan fingerprint density at radius 3 is 2.61 bits per heavy atom. The molecule has 0 aliphatic rings. The van der Waals surface area contributed by atoms with Crippen molar-refractivity contribution in [3.05, 3.63) is 49.6 Å². The second-order valence-corrected chi connectivity index (χ2v) is 5.95. The molecule has 0 radical (unpaired) electrons. The molecule has 1 heterocycles. The first-order valence-corrected chi connectivity index (χ1v) is 6.87. The Balaban J connectivity index is 2.03. The number of carbonyl (C=O) groups excluding carboxylic acids is 1. The lowest BCUT2D eigenvalue weighted by molar-refractivity contribution is 0.0925. The van der Waals surface area contributed by atoms with E-state index in [1.807, 2.05) is 0 Å². The molecule has 0 atom stereocenters. The Bertz CT molecular complexity index is 580. The number of Topliss-reactive ketones (excluding diaryl/α,β-unsaturated/α-hetero) is 1. The quantitative estimate of drug-likeness (QED) is 0.743. The summed E-state index contributed by atoms with van der Waals surface area (Å²) in [5.74, 6) is 0.239. The second-order valence-electron chi connectivity index (χ2n) is 3.39. The Kier molecular flexibility index (Phi) is 4.51. The number of benzene rings is 1. The molecule has 0 spiro atoms. The molecule has 94 valence electrons. The molecule has 0 fully saturated rings. The van der Waals surface area contributed by atoms with Crippen LogP contribution in [0.4, 0.5) is 0 Å². The van der Waals surface area contributed by atoms with Gasteiger partial charge < -0.3 is 4.74 Å². The standard InChI is InChI=1S/C12H7Cl3O2S/c13-7-1-2-8(14)10(5-7)17-6-9(16)11-3-4-12(15)18-11/h1-5H,6H2. The molecular weight excluding hydrogens is 315 g/mol. The lowest BCUT2D eigenvalue weighted by atomic mass is 10.3. The third kappa shape index (κ3) is 3.39. The van der Waals surface area contributed by atoms with Crippen LogP contribution in [-0.2, 0) is 0 Å². The Hall–Kier alpha value is -0.740. The largest absolute Gasteiger partial charge is 0.484 e. The first kappa shape index (κ1) is 13.7. The van der Waals surface area contributed by atoms with E-state index in [0.29, 0.717) is 25.0 Å². The zero-order valence-electron chi connectivity index (χ0n) is 8.95. The lowest BCUT2D eigenvalue weighted by Gasteiger charge is -2.06. The van der Waals surface area contributed by atoms with Gasteiger partial charge in [0.2, 0.25) is 5.78 Å². The van der Waals surface area contributed by atoms with E-state index in [0.717, 1.165) is 0 Å². The number of carbonyl (C=O) groups is 1. The zero-order chi connectivity index (χ0) is 13.1. The van der Waals surface area contributed by atoms with Crippen LogP contribution in [0.3, 0.4) is 0 Å². The summed E-state index contributed by atoms with van der Waals surface area (Å²) in [5.41, 5.74) is 0. The molecule has 18 heavy (non-hydrogen) atoms. The van der Waals surface area contributed by atoms with Gasteiger partial charge in [-0.2, -0.15) is 0 Å². The molecule has 2 aromatic rings. The summed E-state index contributed by atoms with van der Waals surface area (Å²) < 4.78 is 5.91. The fourth-order valence-electron chi connectivity index (χ4n) is 1.27. The van der Waals surface area contributed by atoms with Crippen LogP contribution in [0.25, 0.3) is 0 Å². The summed E-state index contributed by atoms with van der Waals surface area (Å²) in [7, 11) is 0. The molecule has 0 amide bonds. The fraction of sp³-hybridized carbons (Fsp3) is 0.0833. The van der Waals surface area contributed by atoms with E-state index >= 15 is 0 Å². The summed E-state index contributed by atoms with van der Waals surface area (Å²) in [6.07, 6.45) is 0. The van der Waals surface area contributed by atoms with Crippen molar-refractivity contribution < 1.29 is 9.53 Å². The summed E-state index contributed by atoms with van der Waals surface area (Å²) >= 11 is 18.7. The SMILES string of the molecule is O=C(COc1cc(Cl)ccc1Cl)c1ccc(Cl)s1. The van der Waals surface area contributed by atoms with Gasteiger partial charge in [-0.3, -0.25) is 4.79 Å². The molecule has 2 nitrogen and oxygen atoms in total. The van der Waals surface area contributed by atoms with Gasteiger partial charge in [0.25, 0.3) is 0 Å². The van der Waals surface area contributed by atoms with Crippen molar-refractivity contribution in [3.63, 3.8) is 0 Å². The van der Waals surface area contributed by atoms with E-state index in [4.69, 9.17) is 39.5 Å². The van der Waals surface area contributed by atoms with Gasteiger partial charge in [-0.1, -0.05) is 34.8 Å². The number of ether oxygens (including phenoxy) is 1. The zero-order valence-corrected chi connectivity index (χ0v) is 12.0. The van der Waals surface area contributed by atoms with Crippen molar-refractivity contribution in [2.24, 2.45) is 0 Å². The maximum atomic E-state index is 11.8. The van der Waals surface area contributed by atoms with Crippen molar-refractivity contribution in [1.82, 2.24) is 0 Å². The average Bonchev–Trinajstić information content (AvgIpc) is 2.77. The predicted molar refractivity (Wildman–Crippen MR) is 75.6 cm³/mol. The topological polar surface area (TPSA) is 26.3 Å². The minimum absolute atomic E-state index is 0.100. The lowest BCUT2D eigenvalue weighted by Crippen LogP contribution is -2.10. The third-order valence-corrected chi connectivity index (χ3v) is 3.92. The molecule has 0 aliphatic carbocycles. The molecule has 0 aliphatic heterocycles. The predicted octanol–water partition coefficient (Wildman–Crippen LogP) is 4.97. The van der Waals surface area contributed by atoms with E-state index in [1.54, 1.807) is 30.3 Å². The fourth-order valence-corrected chi connectivity index (χ4v) is 2.57. The first-order valence-electron chi connectivity index (χ1n) is 4.92. The molecule has 1 aromatic carbocycles. The van der Waals surface area contributed by atoms with Gasteiger partial charge in [-0.15, -0.1) is 11.3 Å². The van der Waals surface area contributed by atoms with Gasteiger partial charge in [0, 0.05) is 11.1 Å². The Labute approximate surface area is 123 Å². The van der Waals surface area contributed by atoms with Crippen molar-refractivity contribution in [2.45, 2.75) is 0 Å². The minimum Gasteiger partial charge on any atom is -0.484 e. The van der Waals surface area contributed by atoms with Crippen LogP contribution in [0.15, 0.2) is 30.3 Å². The minimum atomic E-state index is -0.150. The maximum absolute atomic E-state index is 11.8. The van der Waals surface area contributed by atoms with E-state index in [1.165, 1.54) is 11.3 Å². The van der Waals surface area contributed by atoms with E-state index in [-0.39, 0.29) is 12.4 Å². The van der Waals surface area contributed by atoms with Gasteiger partial charge >= 0.3 is 0 Å². The number of halogens is 3. The first-order chi connectivity index (χ1) is 8.56. The van der Waals surface area contributed by atoms with Crippen molar-refractivity contribution in [2.75, 3.05) is 6.61 Å². The summed E-state index contributed by atoms with van der Waals surface area (Å²) in [4.78, 5) is 12.3. The molecule has 0 N–H and O–H groups in total. The van der Waals surface area contributed by atoms with E-state index in [9.17, 15) is 4.79 Å². The van der Waals surface area contributed by atoms with Crippen LogP contribution in [0.1, 0.15) is 9.67 Å². The number of hydrogen-bond acceptors (Lipinski definition) is 3. The summed E-state index contributed by atoms with van der Waals surface area (Å²) in [6.45, 7) is -0.100. The maximum Gasteiger partial charge on any atom is 0.210 e. The molecular formula is C12H7Cl3O2S. The van der Waals surface area contributed by atoms with Gasteiger partial charge in [0.1, 0.15) is 5.75 Å². The Morgan fingerprint density at radius 1 is 1.17 bits per heavy atom. The number of rotatable bonds is 4. The second kappa shape index (κ2) is 5.93. The van der Waals surface area contributed by atoms with Gasteiger partial charge in [0.15, 0.2) is 6.61 Å². The Morgan fingerprint density at radius 2 is 1.94 bits per heavy atom. The molecule has 0 saturated heterocycles. The highest BCUT2D eigenvalue weighted by Crippen LogP contribution is 2.28. The summed E-state index contributed by atoms with van der Waals surface area (Å²) in [5, 5.41) is 0.914. The van der Waals surface area contributed by atoms with Crippen LogP contribution in [0, 0.1) is 0 Å². The molecule has 1 aromatic heterocycles. The van der Waals surface area contributed by atoms with Gasteiger partial charge in [-0.25, -0.2) is 0 Å². The normalized spacial score (nSPS) is 10.4. The molecule has 0 saturated carbocycles. The number of ketones is 1. The van der Waals surface area contributed by atoms with Gasteiger partial charge in [0.05, 0.1) is 14.2 Å². The van der Waals surface area contributed by atoms with Crippen molar-refractivity contribution >= 4 is 51.9 Å². The highest BCUT2D eigenvalue weighted by molar-refractivity contribution is 7.18. The number of thiophene rings is 1. The van der Waals surface area contributed by atoms with Crippen LogP contribution >= 0.6 is 46.1 Å². The smallest absolute Gasteiger partial charge is 0.210 e. The van der Waals surface area contributed by atoms with Crippen LogP contribution in [0.2, 0.25) is 14.4 Å². The molecule has 2 rings (SSSR count). The molecule has 0 unspecified atom stereocenters. The number of hydrogen-bond donors (Lipinski definition) is 0. The summed E-state index contributed by atoms with van der Waals surface area (Å²) in [6, 6.07) is 8.17. The molecule has 0 bridgehead atoms.